The Morgan fingerprint density at radius 3 is 2.64 bits per heavy atom. The number of benzene rings is 1. The van der Waals surface area contributed by atoms with Crippen LogP contribution in [0, 0.1) is 0 Å². The Hall–Kier alpha value is -1.02. The van der Waals surface area contributed by atoms with Gasteiger partial charge in [-0.15, -0.1) is 0 Å². The molecule has 3 heteroatoms. The maximum atomic E-state index is 11.0. The van der Waals surface area contributed by atoms with Crippen molar-refractivity contribution < 1.29 is 4.79 Å². The number of nitrogens with one attached hydrogen (secondary N) is 1. The van der Waals surface area contributed by atoms with Crippen molar-refractivity contribution in [2.75, 3.05) is 0 Å². The summed E-state index contributed by atoms with van der Waals surface area (Å²) in [6, 6.07) is 8.09. The largest absolute Gasteiger partial charge is 0.353 e. The van der Waals surface area contributed by atoms with Crippen LogP contribution in [0.25, 0.3) is 0 Å². The highest BCUT2D eigenvalue weighted by atomic mass is 35.5. The second kappa shape index (κ2) is 4.01. The zero-order chi connectivity index (χ0) is 9.97. The minimum atomic E-state index is 0.170. The average Bonchev–Trinajstić information content (AvgIpc) is 2.56. The summed E-state index contributed by atoms with van der Waals surface area (Å²) in [4.78, 5) is 11.0. The van der Waals surface area contributed by atoms with Gasteiger partial charge in [0.25, 0.3) is 0 Å². The first-order valence-electron chi connectivity index (χ1n) is 4.78. The van der Waals surface area contributed by atoms with Crippen LogP contribution in [-0.2, 0) is 11.2 Å². The number of carbonyl (C=O) groups is 1. The second-order valence-electron chi connectivity index (χ2n) is 3.63. The van der Waals surface area contributed by atoms with E-state index in [1.807, 2.05) is 24.3 Å². The van der Waals surface area contributed by atoms with Gasteiger partial charge in [0.05, 0.1) is 0 Å². The van der Waals surface area contributed by atoms with Gasteiger partial charge >= 0.3 is 0 Å². The van der Waals surface area contributed by atoms with Crippen LogP contribution in [0.2, 0.25) is 5.02 Å². The monoisotopic (exact) mass is 209 g/mol. The lowest BCUT2D eigenvalue weighted by Crippen LogP contribution is -2.27. The van der Waals surface area contributed by atoms with E-state index >= 15 is 0 Å². The van der Waals surface area contributed by atoms with Gasteiger partial charge in [-0.3, -0.25) is 4.79 Å². The zero-order valence-corrected chi connectivity index (χ0v) is 8.55. The summed E-state index contributed by atoms with van der Waals surface area (Å²) in [7, 11) is 0. The van der Waals surface area contributed by atoms with E-state index in [1.165, 1.54) is 5.56 Å². The van der Waals surface area contributed by atoms with Gasteiger partial charge in [-0.1, -0.05) is 23.7 Å². The molecule has 74 valence electrons. The maximum absolute atomic E-state index is 11.0. The molecule has 1 fully saturated rings. The van der Waals surface area contributed by atoms with Gasteiger partial charge in [0.2, 0.25) is 5.91 Å². The third-order valence-electron chi connectivity index (χ3n) is 2.48. The van der Waals surface area contributed by atoms with Gasteiger partial charge in [-0.05, 0) is 30.5 Å². The van der Waals surface area contributed by atoms with Crippen LogP contribution in [0.15, 0.2) is 24.3 Å². The number of hydrogen-bond donors (Lipinski definition) is 1. The van der Waals surface area contributed by atoms with Crippen LogP contribution in [-0.4, -0.2) is 11.9 Å². The first-order chi connectivity index (χ1) is 6.74. The highest BCUT2D eigenvalue weighted by molar-refractivity contribution is 6.30. The van der Waals surface area contributed by atoms with E-state index < -0.39 is 0 Å². The molecule has 1 atom stereocenters. The lowest BCUT2D eigenvalue weighted by Gasteiger charge is -2.09. The standard InChI is InChI=1S/C11H12ClNO/c12-9-3-1-8(2-4-9)7-10-5-6-11(14)13-10/h1-4,10H,5-7H2,(H,13,14)/t10-/m0/s1. The fraction of sp³-hybridized carbons (Fsp3) is 0.364. The predicted molar refractivity (Wildman–Crippen MR) is 56.3 cm³/mol. The molecule has 2 nitrogen and oxygen atoms in total. The van der Waals surface area contributed by atoms with Crippen molar-refractivity contribution in [3.8, 4) is 0 Å². The topological polar surface area (TPSA) is 29.1 Å². The molecule has 0 aromatic heterocycles. The normalized spacial score (nSPS) is 20.9. The van der Waals surface area contributed by atoms with Crippen molar-refractivity contribution in [2.24, 2.45) is 0 Å². The summed E-state index contributed by atoms with van der Waals surface area (Å²) in [5.74, 6) is 0.170. The van der Waals surface area contributed by atoms with Crippen molar-refractivity contribution in [1.82, 2.24) is 5.32 Å². The molecule has 1 aromatic carbocycles. The Bertz CT molecular complexity index is 334. The summed E-state index contributed by atoms with van der Waals surface area (Å²) in [5, 5.41) is 3.70. The summed E-state index contributed by atoms with van der Waals surface area (Å²) < 4.78 is 0. The molecular formula is C11H12ClNO. The Morgan fingerprint density at radius 1 is 1.36 bits per heavy atom. The van der Waals surface area contributed by atoms with Crippen LogP contribution in [0.4, 0.5) is 0 Å². The van der Waals surface area contributed by atoms with Crippen LogP contribution in [0.3, 0.4) is 0 Å². The van der Waals surface area contributed by atoms with Crippen LogP contribution in [0.5, 0.6) is 0 Å². The van der Waals surface area contributed by atoms with E-state index in [4.69, 9.17) is 11.6 Å². The second-order valence-corrected chi connectivity index (χ2v) is 4.07. The van der Waals surface area contributed by atoms with Gasteiger partial charge in [0, 0.05) is 17.5 Å². The smallest absolute Gasteiger partial charge is 0.220 e. The third kappa shape index (κ3) is 2.26. The van der Waals surface area contributed by atoms with Crippen molar-refractivity contribution in [1.29, 1.82) is 0 Å². The quantitative estimate of drug-likeness (QED) is 0.795. The molecule has 1 N–H and O–H groups in total. The number of carbonyl (C=O) groups excluding carboxylic acids is 1. The summed E-state index contributed by atoms with van der Waals surface area (Å²) in [6.07, 6.45) is 2.52. The third-order valence-corrected chi connectivity index (χ3v) is 2.73. The molecule has 0 radical (unpaired) electrons. The van der Waals surface area contributed by atoms with Gasteiger partial charge in [0.1, 0.15) is 0 Å². The Kier molecular flexibility index (Phi) is 2.73. The lowest BCUT2D eigenvalue weighted by atomic mass is 10.1. The number of amides is 1. The SMILES string of the molecule is O=C1CC[C@@H](Cc2ccc(Cl)cc2)N1. The molecule has 0 aliphatic carbocycles. The van der Waals surface area contributed by atoms with Crippen molar-refractivity contribution in [3.05, 3.63) is 34.9 Å². The van der Waals surface area contributed by atoms with E-state index in [1.54, 1.807) is 0 Å². The van der Waals surface area contributed by atoms with Gasteiger partial charge < -0.3 is 5.32 Å². The maximum Gasteiger partial charge on any atom is 0.220 e. The van der Waals surface area contributed by atoms with E-state index in [9.17, 15) is 4.79 Å². The van der Waals surface area contributed by atoms with Gasteiger partial charge in [0.15, 0.2) is 0 Å². The summed E-state index contributed by atoms with van der Waals surface area (Å²) >= 11 is 5.78. The highest BCUT2D eigenvalue weighted by Gasteiger charge is 2.20. The van der Waals surface area contributed by atoms with E-state index in [2.05, 4.69) is 5.32 Å². The van der Waals surface area contributed by atoms with Crippen molar-refractivity contribution in [3.63, 3.8) is 0 Å². The predicted octanol–water partition coefficient (Wildman–Crippen LogP) is 2.16. The highest BCUT2D eigenvalue weighted by Crippen LogP contribution is 2.15. The Morgan fingerprint density at radius 2 is 2.07 bits per heavy atom. The fourth-order valence-electron chi connectivity index (χ4n) is 1.74. The van der Waals surface area contributed by atoms with Crippen LogP contribution in [0.1, 0.15) is 18.4 Å². The van der Waals surface area contributed by atoms with Crippen LogP contribution < -0.4 is 5.32 Å². The van der Waals surface area contributed by atoms with Crippen molar-refractivity contribution in [2.45, 2.75) is 25.3 Å². The fourth-order valence-corrected chi connectivity index (χ4v) is 1.86. The number of hydrogen-bond acceptors (Lipinski definition) is 1. The molecule has 0 spiro atoms. The first-order valence-corrected chi connectivity index (χ1v) is 5.15. The van der Waals surface area contributed by atoms with Crippen molar-refractivity contribution >= 4 is 17.5 Å². The van der Waals surface area contributed by atoms with E-state index in [0.29, 0.717) is 12.5 Å². The zero-order valence-electron chi connectivity index (χ0n) is 7.79. The van der Waals surface area contributed by atoms with Gasteiger partial charge in [-0.2, -0.15) is 0 Å². The van der Waals surface area contributed by atoms with Crippen LogP contribution >= 0.6 is 11.6 Å². The number of halogens is 1. The molecule has 14 heavy (non-hydrogen) atoms. The molecule has 1 aromatic rings. The molecule has 1 saturated heterocycles. The molecular weight excluding hydrogens is 198 g/mol. The molecule has 0 saturated carbocycles. The number of rotatable bonds is 2. The Balaban J connectivity index is 1.97. The van der Waals surface area contributed by atoms with E-state index in [-0.39, 0.29) is 5.91 Å². The molecule has 0 bridgehead atoms. The first kappa shape index (κ1) is 9.53. The van der Waals surface area contributed by atoms with E-state index in [0.717, 1.165) is 17.9 Å². The average molecular weight is 210 g/mol. The lowest BCUT2D eigenvalue weighted by molar-refractivity contribution is -0.119. The van der Waals surface area contributed by atoms with Gasteiger partial charge in [-0.25, -0.2) is 0 Å². The molecule has 1 aliphatic rings. The molecule has 0 unspecified atom stereocenters. The minimum absolute atomic E-state index is 0.170. The molecule has 1 aliphatic heterocycles. The Labute approximate surface area is 88.3 Å². The molecule has 1 heterocycles. The summed E-state index contributed by atoms with van der Waals surface area (Å²) in [6.45, 7) is 0. The minimum Gasteiger partial charge on any atom is -0.353 e. The summed E-state index contributed by atoms with van der Waals surface area (Å²) in [5.41, 5.74) is 1.22. The molecule has 2 rings (SSSR count). The molecule has 1 amide bonds.